The average Bonchev–Trinajstić information content (AvgIpc) is 3.61. The number of benzene rings is 3. The summed E-state index contributed by atoms with van der Waals surface area (Å²) in [7, 11) is -1.68. The lowest BCUT2D eigenvalue weighted by Gasteiger charge is -2.19. The summed E-state index contributed by atoms with van der Waals surface area (Å²) < 4.78 is 39.4. The van der Waals surface area contributed by atoms with Gasteiger partial charge in [-0.2, -0.15) is 13.5 Å². The molecule has 0 radical (unpaired) electrons. The lowest BCUT2D eigenvalue weighted by Crippen LogP contribution is -2.48. The number of rotatable bonds is 17. The van der Waals surface area contributed by atoms with Gasteiger partial charge in [0.25, 0.3) is 21.7 Å². The predicted molar refractivity (Wildman–Crippen MR) is 192 cm³/mol. The molecule has 0 saturated heterocycles. The zero-order valence-electron chi connectivity index (χ0n) is 29.3. The van der Waals surface area contributed by atoms with Crippen LogP contribution in [0.5, 0.6) is 5.75 Å². The van der Waals surface area contributed by atoms with Crippen molar-refractivity contribution in [3.63, 3.8) is 0 Å². The second-order valence-electron chi connectivity index (χ2n) is 11.6. The fourth-order valence-corrected chi connectivity index (χ4v) is 5.30. The molecule has 0 aliphatic heterocycles. The van der Waals surface area contributed by atoms with Crippen LogP contribution in [0.15, 0.2) is 81.3 Å². The lowest BCUT2D eigenvalue weighted by molar-refractivity contribution is -0.384. The maximum absolute atomic E-state index is 12.5. The molecule has 4 N–H and O–H groups in total. The molecule has 0 spiro atoms. The van der Waals surface area contributed by atoms with Crippen LogP contribution < -0.4 is 20.3 Å². The number of amides is 2. The number of nitrogens with one attached hydrogen (secondary N) is 2. The van der Waals surface area contributed by atoms with Crippen LogP contribution in [-0.4, -0.2) is 94.8 Å². The number of nitrogens with zero attached hydrogens (tertiary/aromatic N) is 9. The molecule has 4 rings (SSSR count). The number of aliphatic carboxylic acids is 1. The van der Waals surface area contributed by atoms with Gasteiger partial charge in [0.2, 0.25) is 5.91 Å². The number of ether oxygens (including phenoxy) is 1. The number of azo groups is 2. The Hall–Kier alpha value is -6.68. The Morgan fingerprint density at radius 2 is 1.69 bits per heavy atom. The third-order valence-electron chi connectivity index (χ3n) is 7.60. The first-order valence-corrected chi connectivity index (χ1v) is 17.3. The van der Waals surface area contributed by atoms with Crippen molar-refractivity contribution in [2.24, 2.45) is 20.5 Å². The molecular weight excluding hydrogens is 730 g/mol. The number of nitro benzene ring substituents is 1. The minimum Gasteiger partial charge on any atom is -0.494 e. The van der Waals surface area contributed by atoms with Crippen LogP contribution in [0.2, 0.25) is 0 Å². The van der Waals surface area contributed by atoms with E-state index in [9.17, 15) is 37.5 Å². The number of hydrogen-bond acceptors (Lipinski definition) is 15. The number of likely N-dealkylation sites (N-methyl/N-ethyl adjacent to an activating group) is 1. The molecule has 0 saturated carbocycles. The van der Waals surface area contributed by atoms with E-state index in [2.05, 4.69) is 36.1 Å². The van der Waals surface area contributed by atoms with E-state index in [1.807, 2.05) is 29.4 Å². The first-order valence-electron chi connectivity index (χ1n) is 15.8. The van der Waals surface area contributed by atoms with Gasteiger partial charge in [-0.05, 0) is 61.4 Å². The van der Waals surface area contributed by atoms with Gasteiger partial charge in [0, 0.05) is 38.0 Å². The summed E-state index contributed by atoms with van der Waals surface area (Å²) in [5.74, 6) is -3.25. The van der Waals surface area contributed by atoms with Crippen LogP contribution in [-0.2, 0) is 26.3 Å². The van der Waals surface area contributed by atoms with Crippen LogP contribution in [0.1, 0.15) is 21.6 Å². The topological polar surface area (TPSA) is 286 Å². The van der Waals surface area contributed by atoms with Gasteiger partial charge in [0.15, 0.2) is 16.6 Å². The molecule has 1 atom stereocenters. The van der Waals surface area contributed by atoms with E-state index in [1.165, 1.54) is 30.1 Å². The lowest BCUT2D eigenvalue weighted by atomic mass is 10.1. The SMILES string of the molecule is COc1cc(N=Nc2ccc(C)cc2[N+](=O)[O-])c(C)cc1N=Nc1ccc(N(C)CCn2cc(C(=O)NCC(C(=O)NCC(=O)O)S(=O)(=O)O)nn2)cc1. The Kier molecular flexibility index (Phi) is 13.1. The molecule has 1 heterocycles. The zero-order valence-corrected chi connectivity index (χ0v) is 30.1. The van der Waals surface area contributed by atoms with Gasteiger partial charge < -0.3 is 25.4 Å². The second kappa shape index (κ2) is 17.7. The Bertz CT molecular complexity index is 2210. The second-order valence-corrected chi connectivity index (χ2v) is 13.2. The molecule has 0 aliphatic rings. The molecule has 54 heavy (non-hydrogen) atoms. The summed E-state index contributed by atoms with van der Waals surface area (Å²) in [4.78, 5) is 48.0. The number of hydrogen-bond donors (Lipinski definition) is 4. The Morgan fingerprint density at radius 1 is 1.00 bits per heavy atom. The molecule has 1 unspecified atom stereocenters. The minimum absolute atomic E-state index is 0.119. The third-order valence-corrected chi connectivity index (χ3v) is 8.70. The van der Waals surface area contributed by atoms with Crippen LogP contribution in [0.3, 0.4) is 0 Å². The first kappa shape index (κ1) is 40.1. The maximum atomic E-state index is 12.5. The molecule has 4 aromatic rings. The summed E-state index contributed by atoms with van der Waals surface area (Å²) >= 11 is 0. The van der Waals surface area contributed by atoms with E-state index in [4.69, 9.17) is 9.84 Å². The quantitative estimate of drug-likeness (QED) is 0.0513. The van der Waals surface area contributed by atoms with Crippen LogP contribution in [0.25, 0.3) is 0 Å². The van der Waals surface area contributed by atoms with E-state index in [0.717, 1.165) is 11.3 Å². The van der Waals surface area contributed by atoms with Crippen molar-refractivity contribution in [2.45, 2.75) is 25.6 Å². The van der Waals surface area contributed by atoms with Gasteiger partial charge in [-0.15, -0.1) is 20.4 Å². The summed E-state index contributed by atoms with van der Waals surface area (Å²) in [6.07, 6.45) is 1.31. The summed E-state index contributed by atoms with van der Waals surface area (Å²) in [5.41, 5.74) is 3.42. The Morgan fingerprint density at radius 3 is 2.33 bits per heavy atom. The maximum Gasteiger partial charge on any atom is 0.322 e. The van der Waals surface area contributed by atoms with E-state index >= 15 is 0 Å². The Balaban J connectivity index is 1.34. The van der Waals surface area contributed by atoms with Gasteiger partial charge in [-0.3, -0.25) is 29.1 Å². The first-order chi connectivity index (χ1) is 25.5. The number of methoxy groups -OCH3 is 1. The van der Waals surface area contributed by atoms with Gasteiger partial charge in [-0.25, -0.2) is 4.68 Å². The molecule has 3 aromatic carbocycles. The van der Waals surface area contributed by atoms with Crippen molar-refractivity contribution in [3.05, 3.63) is 87.7 Å². The van der Waals surface area contributed by atoms with E-state index < -0.39 is 51.2 Å². The van der Waals surface area contributed by atoms with Crippen molar-refractivity contribution < 1.29 is 42.1 Å². The van der Waals surface area contributed by atoms with E-state index in [0.29, 0.717) is 41.5 Å². The van der Waals surface area contributed by atoms with Gasteiger partial charge in [0.05, 0.1) is 36.1 Å². The van der Waals surface area contributed by atoms with Crippen LogP contribution in [0.4, 0.5) is 34.1 Å². The highest BCUT2D eigenvalue weighted by Crippen LogP contribution is 2.37. The van der Waals surface area contributed by atoms with Crippen molar-refractivity contribution >= 4 is 62.0 Å². The number of carboxylic acids is 1. The highest BCUT2D eigenvalue weighted by atomic mass is 32.2. The van der Waals surface area contributed by atoms with E-state index in [1.54, 1.807) is 44.2 Å². The fourth-order valence-electron chi connectivity index (χ4n) is 4.65. The smallest absolute Gasteiger partial charge is 0.322 e. The van der Waals surface area contributed by atoms with Crippen LogP contribution in [0, 0.1) is 24.0 Å². The number of carboxylic acid groups (broad SMARTS) is 1. The molecule has 0 bridgehead atoms. The van der Waals surface area contributed by atoms with Crippen molar-refractivity contribution in [1.29, 1.82) is 0 Å². The van der Waals surface area contributed by atoms with Crippen molar-refractivity contribution in [2.75, 3.05) is 38.7 Å². The van der Waals surface area contributed by atoms with Crippen LogP contribution >= 0.6 is 0 Å². The highest BCUT2D eigenvalue weighted by Gasteiger charge is 2.32. The van der Waals surface area contributed by atoms with E-state index in [-0.39, 0.29) is 17.1 Å². The summed E-state index contributed by atoms with van der Waals surface area (Å²) in [6.45, 7) is 2.53. The Labute approximate surface area is 307 Å². The third kappa shape index (κ3) is 10.9. The molecule has 0 fully saturated rings. The monoisotopic (exact) mass is 765 g/mol. The minimum atomic E-state index is -4.97. The number of nitro groups is 1. The molecule has 21 nitrogen and oxygen atoms in total. The molecular formula is C32H35N11O10S. The normalized spacial score (nSPS) is 12.1. The molecule has 1 aromatic heterocycles. The fraction of sp³-hybridized carbons (Fsp3) is 0.281. The number of carbonyl (C=O) groups excluding carboxylic acids is 2. The van der Waals surface area contributed by atoms with Gasteiger partial charge in [-0.1, -0.05) is 11.3 Å². The largest absolute Gasteiger partial charge is 0.494 e. The van der Waals surface area contributed by atoms with Gasteiger partial charge in [0.1, 0.15) is 18.0 Å². The highest BCUT2D eigenvalue weighted by molar-refractivity contribution is 7.87. The summed E-state index contributed by atoms with van der Waals surface area (Å²) in [5, 5.41) is 46.5. The predicted octanol–water partition coefficient (Wildman–Crippen LogP) is 3.97. The molecule has 0 aliphatic carbocycles. The van der Waals surface area contributed by atoms with Gasteiger partial charge >= 0.3 is 5.97 Å². The standard InChI is InChI=1S/C32H35N11O10S/c1-19-5-10-23(27(13-19)43(48)49)36-37-24-15-28(53-4)25(14-20(24)2)38-35-21-6-8-22(9-7-21)41(3)11-12-42-18-26(39-40-42)31(46)33-16-29(54(50,51)52)32(47)34-17-30(44)45/h5-10,13-15,18,29H,11-12,16-17H2,1-4H3,(H,33,46)(H,34,47)(H,44,45)(H,50,51,52). The summed E-state index contributed by atoms with van der Waals surface area (Å²) in [6, 6.07) is 15.1. The van der Waals surface area contributed by atoms with Crippen molar-refractivity contribution in [1.82, 2.24) is 25.6 Å². The van der Waals surface area contributed by atoms with Crippen molar-refractivity contribution in [3.8, 4) is 5.75 Å². The molecule has 22 heteroatoms. The average molecular weight is 766 g/mol. The number of aromatic nitrogens is 3. The zero-order chi connectivity index (χ0) is 39.6. The molecule has 284 valence electrons. The number of carbonyl (C=O) groups is 3. The number of anilines is 1. The number of aryl methyl sites for hydroxylation is 2. The molecule has 2 amide bonds.